The van der Waals surface area contributed by atoms with E-state index < -0.39 is 0 Å². The van der Waals surface area contributed by atoms with Gasteiger partial charge in [0.15, 0.2) is 13.0 Å². The summed E-state index contributed by atoms with van der Waals surface area (Å²) in [6.45, 7) is 4.39. The Morgan fingerprint density at radius 1 is 0.618 bits per heavy atom. The predicted molar refractivity (Wildman–Crippen MR) is 226 cm³/mol. The van der Waals surface area contributed by atoms with Crippen molar-refractivity contribution in [3.63, 3.8) is 0 Å². The van der Waals surface area contributed by atoms with Crippen molar-refractivity contribution in [1.82, 2.24) is 0 Å². The van der Waals surface area contributed by atoms with Crippen molar-refractivity contribution in [2.45, 2.75) is 32.4 Å². The van der Waals surface area contributed by atoms with Crippen LogP contribution < -0.4 is 19.3 Å². The number of rotatable bonds is 3. The van der Waals surface area contributed by atoms with Crippen molar-refractivity contribution >= 4 is 44.2 Å². The molecule has 1 fully saturated rings. The van der Waals surface area contributed by atoms with Crippen molar-refractivity contribution in [2.75, 3.05) is 16.5 Å². The first kappa shape index (κ1) is 32.9. The van der Waals surface area contributed by atoms with E-state index in [4.69, 9.17) is 9.47 Å². The zero-order valence-corrected chi connectivity index (χ0v) is 30.9. The molecule has 0 aromatic heterocycles. The maximum Gasteiger partial charge on any atom is 0.188 e. The highest BCUT2D eigenvalue weighted by atomic mass is 16.5. The minimum Gasteiger partial charge on any atom is -0.472 e. The van der Waals surface area contributed by atoms with Crippen LogP contribution in [0.3, 0.4) is 0 Å². The molecule has 0 radical (unpaired) electrons. The maximum absolute atomic E-state index is 6.82. The molecular formula is C51H40N2O2. The minimum absolute atomic E-state index is 0.0373. The Bertz CT molecular complexity index is 2760. The summed E-state index contributed by atoms with van der Waals surface area (Å²) in [6.07, 6.45) is 7.20. The largest absolute Gasteiger partial charge is 0.472 e. The van der Waals surface area contributed by atoms with Gasteiger partial charge in [0.25, 0.3) is 0 Å². The number of benzene rings is 7. The third-order valence-corrected chi connectivity index (χ3v) is 11.2. The highest BCUT2D eigenvalue weighted by molar-refractivity contribution is 5.98. The lowest BCUT2D eigenvalue weighted by Gasteiger charge is -2.31. The van der Waals surface area contributed by atoms with Crippen LogP contribution in [0.2, 0.25) is 0 Å². The van der Waals surface area contributed by atoms with Gasteiger partial charge in [-0.25, -0.2) is 0 Å². The van der Waals surface area contributed by atoms with Crippen LogP contribution in [-0.4, -0.2) is 13.0 Å². The van der Waals surface area contributed by atoms with Gasteiger partial charge < -0.3 is 19.3 Å². The molecule has 2 atom stereocenters. The SMILES string of the molecule is C1=CC=C(c2ccc3c(c2)N(c2cccc4ccccc24)COc2ccccc2C3)C=C2C=1C1c3ccccc3OC1N2c1cccc2ccccc12.CC. The molecule has 1 saturated heterocycles. The van der Waals surface area contributed by atoms with Gasteiger partial charge in [0.1, 0.15) is 11.5 Å². The van der Waals surface area contributed by atoms with Gasteiger partial charge in [-0.3, -0.25) is 0 Å². The number of para-hydroxylation sites is 2. The first-order chi connectivity index (χ1) is 27.3. The summed E-state index contributed by atoms with van der Waals surface area (Å²) in [5.41, 5.74) is 15.3. The molecule has 4 aliphatic rings. The number of allylic oxidation sites excluding steroid dienone is 4. The molecule has 0 saturated carbocycles. The summed E-state index contributed by atoms with van der Waals surface area (Å²) in [7, 11) is 0. The van der Waals surface area contributed by atoms with Crippen LogP contribution in [0.15, 0.2) is 187 Å². The molecular weight excluding hydrogens is 673 g/mol. The normalized spacial score (nSPS) is 17.7. The van der Waals surface area contributed by atoms with Crippen LogP contribution in [-0.2, 0) is 6.42 Å². The summed E-state index contributed by atoms with van der Waals surface area (Å²) < 4.78 is 13.4. The standard InChI is InChI=1S/C49H34N2O2.C2H6/c1-4-18-38-32(12-1)15-10-22-42(38)50-31-52-46-24-7-3-14-37(46)28-36-27-26-35(29-44(36)50)34-17-9-21-40-45(30-34)51(43-23-11-16-33-13-2-5-19-39(33)43)49-48(40)41-20-6-8-25-47(41)53-49;1-2/h1-20,22-27,29-30,48-49H,28,31H2;1-2H3. The Morgan fingerprint density at radius 2 is 1.29 bits per heavy atom. The Morgan fingerprint density at radius 3 is 2.11 bits per heavy atom. The number of hydrogen-bond acceptors (Lipinski definition) is 4. The fraction of sp³-hybridized carbons (Fsp3) is 0.118. The molecule has 266 valence electrons. The molecule has 1 aliphatic carbocycles. The van der Waals surface area contributed by atoms with Crippen molar-refractivity contribution in [1.29, 1.82) is 0 Å². The average molecular weight is 713 g/mol. The molecule has 0 bridgehead atoms. The van der Waals surface area contributed by atoms with Gasteiger partial charge in [0.05, 0.1) is 23.0 Å². The fourth-order valence-corrected chi connectivity index (χ4v) is 8.70. The van der Waals surface area contributed by atoms with Crippen molar-refractivity contribution < 1.29 is 9.47 Å². The Balaban J connectivity index is 0.00000183. The molecule has 7 aromatic rings. The predicted octanol–water partition coefficient (Wildman–Crippen LogP) is 12.5. The summed E-state index contributed by atoms with van der Waals surface area (Å²) in [5.74, 6) is 1.91. The van der Waals surface area contributed by atoms with Crippen molar-refractivity contribution in [3.05, 3.63) is 209 Å². The second kappa shape index (κ2) is 13.6. The molecule has 0 amide bonds. The molecule has 0 spiro atoms. The van der Waals surface area contributed by atoms with Crippen molar-refractivity contribution in [2.24, 2.45) is 0 Å². The quantitative estimate of drug-likeness (QED) is 0.170. The first-order valence-electron chi connectivity index (χ1n) is 19.3. The fourth-order valence-electron chi connectivity index (χ4n) is 8.70. The van der Waals surface area contributed by atoms with Crippen LogP contribution in [0.1, 0.15) is 42.0 Å². The summed E-state index contributed by atoms with van der Waals surface area (Å²) in [4.78, 5) is 4.75. The Labute approximate surface area is 322 Å². The monoisotopic (exact) mass is 712 g/mol. The number of hydrogen-bond donors (Lipinski definition) is 0. The van der Waals surface area contributed by atoms with E-state index in [-0.39, 0.29) is 12.1 Å². The molecule has 0 N–H and O–H groups in total. The van der Waals surface area contributed by atoms with Crippen LogP contribution in [0.25, 0.3) is 27.1 Å². The number of nitrogens with zero attached hydrogens (tertiary/aromatic N) is 2. The minimum atomic E-state index is -0.213. The van der Waals surface area contributed by atoms with Gasteiger partial charge in [0, 0.05) is 34.0 Å². The van der Waals surface area contributed by atoms with Crippen LogP contribution in [0.5, 0.6) is 11.5 Å². The molecule has 4 heteroatoms. The summed E-state index contributed by atoms with van der Waals surface area (Å²) in [6, 6.07) is 54.1. The molecule has 4 nitrogen and oxygen atoms in total. The number of fused-ring (bicyclic) bond motifs is 9. The van der Waals surface area contributed by atoms with E-state index in [1.807, 2.05) is 13.8 Å². The van der Waals surface area contributed by atoms with E-state index in [0.29, 0.717) is 6.73 Å². The van der Waals surface area contributed by atoms with Gasteiger partial charge in [-0.2, -0.15) is 0 Å². The van der Waals surface area contributed by atoms with Gasteiger partial charge in [0.2, 0.25) is 0 Å². The van der Waals surface area contributed by atoms with Gasteiger partial charge in [-0.15, -0.1) is 5.73 Å². The van der Waals surface area contributed by atoms with Crippen molar-refractivity contribution in [3.8, 4) is 11.5 Å². The van der Waals surface area contributed by atoms with E-state index in [0.717, 1.165) is 57.4 Å². The van der Waals surface area contributed by atoms with E-state index >= 15 is 0 Å². The third kappa shape index (κ3) is 5.45. The van der Waals surface area contributed by atoms with E-state index in [9.17, 15) is 0 Å². The highest BCUT2D eigenvalue weighted by Crippen LogP contribution is 2.55. The summed E-state index contributed by atoms with van der Waals surface area (Å²) >= 11 is 0. The first-order valence-corrected chi connectivity index (χ1v) is 19.3. The summed E-state index contributed by atoms with van der Waals surface area (Å²) in [5, 5.41) is 4.80. The van der Waals surface area contributed by atoms with Crippen LogP contribution >= 0.6 is 0 Å². The zero-order chi connectivity index (χ0) is 36.9. The molecule has 11 rings (SSSR count). The highest BCUT2D eigenvalue weighted by Gasteiger charge is 2.50. The second-order valence-electron chi connectivity index (χ2n) is 14.1. The molecule has 7 aromatic carbocycles. The maximum atomic E-state index is 6.82. The van der Waals surface area contributed by atoms with E-state index in [1.54, 1.807) is 0 Å². The van der Waals surface area contributed by atoms with Gasteiger partial charge in [-0.1, -0.05) is 135 Å². The third-order valence-electron chi connectivity index (χ3n) is 11.2. The second-order valence-corrected chi connectivity index (χ2v) is 14.1. The van der Waals surface area contributed by atoms with Gasteiger partial charge in [-0.05, 0) is 81.6 Å². The average Bonchev–Trinajstić information content (AvgIpc) is 3.66. The molecule has 3 aliphatic heterocycles. The number of anilines is 3. The van der Waals surface area contributed by atoms with Crippen LogP contribution in [0, 0.1) is 0 Å². The lowest BCUT2D eigenvalue weighted by Crippen LogP contribution is -2.33. The van der Waals surface area contributed by atoms with Gasteiger partial charge >= 0.3 is 0 Å². The lowest BCUT2D eigenvalue weighted by molar-refractivity contribution is 0.234. The molecule has 3 heterocycles. The zero-order valence-electron chi connectivity index (χ0n) is 30.9. The Hall–Kier alpha value is -6.74. The van der Waals surface area contributed by atoms with Crippen LogP contribution in [0.4, 0.5) is 17.1 Å². The number of ether oxygens (including phenoxy) is 2. The Kier molecular flexibility index (Phi) is 8.12. The topological polar surface area (TPSA) is 24.9 Å². The lowest BCUT2D eigenvalue weighted by atomic mass is 9.92. The smallest absolute Gasteiger partial charge is 0.188 e. The van der Waals surface area contributed by atoms with E-state index in [2.05, 4.69) is 185 Å². The van der Waals surface area contributed by atoms with E-state index in [1.165, 1.54) is 38.2 Å². The molecule has 55 heavy (non-hydrogen) atoms. The molecule has 2 unspecified atom stereocenters.